The van der Waals surface area contributed by atoms with Crippen LogP contribution >= 0.6 is 0 Å². The number of amides is 2. The van der Waals surface area contributed by atoms with Crippen molar-refractivity contribution in [3.05, 3.63) is 65.2 Å². The fourth-order valence-corrected chi connectivity index (χ4v) is 4.81. The molecule has 0 aromatic heterocycles. The summed E-state index contributed by atoms with van der Waals surface area (Å²) in [4.78, 5) is 27.8. The van der Waals surface area contributed by atoms with E-state index in [0.717, 1.165) is 29.5 Å². The van der Waals surface area contributed by atoms with Crippen LogP contribution in [0.3, 0.4) is 0 Å². The van der Waals surface area contributed by atoms with Crippen LogP contribution in [-0.4, -0.2) is 50.0 Å². The van der Waals surface area contributed by atoms with Crippen molar-refractivity contribution in [3.8, 4) is 0 Å². The summed E-state index contributed by atoms with van der Waals surface area (Å²) in [7, 11) is -3.51. The number of hydrogen-bond acceptors (Lipinski definition) is 4. The summed E-state index contributed by atoms with van der Waals surface area (Å²) >= 11 is 0. The second-order valence-corrected chi connectivity index (χ2v) is 11.4. The van der Waals surface area contributed by atoms with Gasteiger partial charge in [-0.3, -0.25) is 13.9 Å². The van der Waals surface area contributed by atoms with E-state index in [0.29, 0.717) is 18.7 Å². The van der Waals surface area contributed by atoms with Gasteiger partial charge in [-0.2, -0.15) is 0 Å². The van der Waals surface area contributed by atoms with E-state index in [1.807, 2.05) is 64.1 Å². The van der Waals surface area contributed by atoms with Crippen molar-refractivity contribution in [2.24, 2.45) is 0 Å². The highest BCUT2D eigenvalue weighted by molar-refractivity contribution is 7.92. The molecule has 0 saturated carbocycles. The second kappa shape index (κ2) is 13.4. The van der Waals surface area contributed by atoms with Crippen LogP contribution in [0.2, 0.25) is 0 Å². The van der Waals surface area contributed by atoms with Gasteiger partial charge in [0, 0.05) is 25.6 Å². The summed E-state index contributed by atoms with van der Waals surface area (Å²) in [5.41, 5.74) is 3.76. The van der Waals surface area contributed by atoms with Gasteiger partial charge in [-0.05, 0) is 63.3 Å². The van der Waals surface area contributed by atoms with E-state index >= 15 is 0 Å². The maximum atomic E-state index is 13.3. The monoisotopic (exact) mass is 515 g/mol. The average Bonchev–Trinajstić information content (AvgIpc) is 2.85. The van der Waals surface area contributed by atoms with Crippen LogP contribution in [0.5, 0.6) is 0 Å². The molecule has 0 aliphatic carbocycles. The van der Waals surface area contributed by atoms with E-state index < -0.39 is 16.1 Å². The lowest BCUT2D eigenvalue weighted by Crippen LogP contribution is -2.49. The Bertz CT molecular complexity index is 1100. The largest absolute Gasteiger partial charge is 0.352 e. The smallest absolute Gasteiger partial charge is 0.242 e. The Balaban J connectivity index is 2.16. The van der Waals surface area contributed by atoms with Crippen LogP contribution in [0, 0.1) is 6.92 Å². The third-order valence-electron chi connectivity index (χ3n) is 6.43. The Morgan fingerprint density at radius 2 is 1.53 bits per heavy atom. The van der Waals surface area contributed by atoms with Gasteiger partial charge in [-0.25, -0.2) is 8.42 Å². The molecule has 0 saturated heterocycles. The lowest BCUT2D eigenvalue weighted by molar-refractivity contribution is -0.140. The lowest BCUT2D eigenvalue weighted by atomic mass is 10.1. The van der Waals surface area contributed by atoms with Crippen molar-refractivity contribution in [1.82, 2.24) is 10.2 Å². The van der Waals surface area contributed by atoms with Crippen LogP contribution in [0.25, 0.3) is 0 Å². The van der Waals surface area contributed by atoms with Gasteiger partial charge in [0.1, 0.15) is 6.04 Å². The molecule has 7 nitrogen and oxygen atoms in total. The highest BCUT2D eigenvalue weighted by atomic mass is 32.2. The molecule has 2 aromatic rings. The van der Waals surface area contributed by atoms with E-state index in [4.69, 9.17) is 0 Å². The van der Waals surface area contributed by atoms with Crippen molar-refractivity contribution >= 4 is 27.5 Å². The predicted molar refractivity (Wildman–Crippen MR) is 146 cm³/mol. The standard InChI is InChI=1S/C28H41N3O4S/c1-7-22(4)29-28(33)23(5)30(20-25-13-11-21(3)12-14-25)27(32)10-9-19-31(36(6,34)35)26-17-15-24(8-2)16-18-26/h11-18,22-23H,7-10,19-20H2,1-6H3,(H,29,33)/t22-,23-/m0/s1. The minimum Gasteiger partial charge on any atom is -0.352 e. The van der Waals surface area contributed by atoms with Gasteiger partial charge in [0.2, 0.25) is 21.8 Å². The average molecular weight is 516 g/mol. The van der Waals surface area contributed by atoms with Gasteiger partial charge >= 0.3 is 0 Å². The molecule has 0 fully saturated rings. The van der Waals surface area contributed by atoms with E-state index in [1.165, 1.54) is 10.6 Å². The number of carbonyl (C=O) groups excluding carboxylic acids is 2. The number of aryl methyl sites for hydroxylation is 2. The third kappa shape index (κ3) is 8.66. The van der Waals surface area contributed by atoms with E-state index in [9.17, 15) is 18.0 Å². The maximum Gasteiger partial charge on any atom is 0.242 e. The van der Waals surface area contributed by atoms with E-state index in [1.54, 1.807) is 24.0 Å². The van der Waals surface area contributed by atoms with Crippen LogP contribution in [0.4, 0.5) is 5.69 Å². The Morgan fingerprint density at radius 3 is 2.06 bits per heavy atom. The zero-order valence-corrected chi connectivity index (χ0v) is 23.3. The van der Waals surface area contributed by atoms with E-state index in [-0.39, 0.29) is 30.8 Å². The molecular formula is C28H41N3O4S. The van der Waals surface area contributed by atoms with Gasteiger partial charge in [0.15, 0.2) is 0 Å². The van der Waals surface area contributed by atoms with Gasteiger partial charge < -0.3 is 10.2 Å². The molecule has 0 radical (unpaired) electrons. The normalized spacial score (nSPS) is 13.1. The van der Waals surface area contributed by atoms with E-state index in [2.05, 4.69) is 5.32 Å². The molecule has 2 aromatic carbocycles. The molecule has 0 unspecified atom stereocenters. The first-order valence-electron chi connectivity index (χ1n) is 12.7. The minimum absolute atomic E-state index is 0.0127. The first-order valence-corrected chi connectivity index (χ1v) is 14.5. The summed E-state index contributed by atoms with van der Waals surface area (Å²) < 4.78 is 26.3. The van der Waals surface area contributed by atoms with Crippen molar-refractivity contribution in [3.63, 3.8) is 0 Å². The number of benzene rings is 2. The molecule has 1 N–H and O–H groups in total. The first kappa shape index (κ1) is 29.4. The molecule has 0 bridgehead atoms. The summed E-state index contributed by atoms with van der Waals surface area (Å²) in [6.45, 7) is 10.2. The number of anilines is 1. The van der Waals surface area contributed by atoms with Crippen molar-refractivity contribution < 1.29 is 18.0 Å². The summed E-state index contributed by atoms with van der Waals surface area (Å²) in [6.07, 6.45) is 3.31. The Labute approximate surface area is 216 Å². The molecule has 0 spiro atoms. The quantitative estimate of drug-likeness (QED) is 0.427. The zero-order valence-electron chi connectivity index (χ0n) is 22.5. The lowest BCUT2D eigenvalue weighted by Gasteiger charge is -2.30. The minimum atomic E-state index is -3.51. The molecular weight excluding hydrogens is 474 g/mol. The molecule has 0 heterocycles. The van der Waals surface area contributed by atoms with Crippen LogP contribution < -0.4 is 9.62 Å². The molecule has 2 atom stereocenters. The van der Waals surface area contributed by atoms with Gasteiger partial charge in [0.05, 0.1) is 11.9 Å². The van der Waals surface area contributed by atoms with Crippen LogP contribution in [0.1, 0.15) is 63.6 Å². The molecule has 0 aliphatic rings. The summed E-state index contributed by atoms with van der Waals surface area (Å²) in [5, 5.41) is 2.96. The number of carbonyl (C=O) groups is 2. The first-order chi connectivity index (χ1) is 17.0. The zero-order chi connectivity index (χ0) is 26.9. The van der Waals surface area contributed by atoms with Crippen molar-refractivity contribution in [2.45, 2.75) is 78.9 Å². The number of hydrogen-bond donors (Lipinski definition) is 1. The number of nitrogens with one attached hydrogen (secondary N) is 1. The van der Waals surface area contributed by atoms with Gasteiger partial charge in [0.25, 0.3) is 0 Å². The van der Waals surface area contributed by atoms with Gasteiger partial charge in [-0.1, -0.05) is 55.8 Å². The fourth-order valence-electron chi connectivity index (χ4n) is 3.84. The number of sulfonamides is 1. The third-order valence-corrected chi connectivity index (χ3v) is 7.62. The topological polar surface area (TPSA) is 86.8 Å². The Hall–Kier alpha value is -2.87. The second-order valence-electron chi connectivity index (χ2n) is 9.46. The van der Waals surface area contributed by atoms with Crippen LogP contribution in [-0.2, 0) is 32.6 Å². The van der Waals surface area contributed by atoms with Crippen molar-refractivity contribution in [2.75, 3.05) is 17.1 Å². The Morgan fingerprint density at radius 1 is 0.944 bits per heavy atom. The Kier molecular flexibility index (Phi) is 11.0. The molecule has 8 heteroatoms. The fraction of sp³-hybridized carbons (Fsp3) is 0.500. The molecule has 198 valence electrons. The maximum absolute atomic E-state index is 13.3. The predicted octanol–water partition coefficient (Wildman–Crippen LogP) is 4.44. The molecule has 0 aliphatic heterocycles. The SMILES string of the molecule is CCc1ccc(N(CCCC(=O)N(Cc2ccc(C)cc2)[C@@H](C)C(=O)N[C@@H](C)CC)S(C)(=O)=O)cc1. The molecule has 36 heavy (non-hydrogen) atoms. The highest BCUT2D eigenvalue weighted by Crippen LogP contribution is 2.20. The molecule has 2 amide bonds. The van der Waals surface area contributed by atoms with Crippen molar-refractivity contribution in [1.29, 1.82) is 0 Å². The highest BCUT2D eigenvalue weighted by Gasteiger charge is 2.27. The van der Waals surface area contributed by atoms with Gasteiger partial charge in [-0.15, -0.1) is 0 Å². The number of rotatable bonds is 13. The summed E-state index contributed by atoms with van der Waals surface area (Å²) in [6, 6.07) is 14.7. The molecule has 2 rings (SSSR count). The van der Waals surface area contributed by atoms with Crippen LogP contribution in [0.15, 0.2) is 48.5 Å². The summed E-state index contributed by atoms with van der Waals surface area (Å²) in [5.74, 6) is -0.379. The number of nitrogens with zero attached hydrogens (tertiary/aromatic N) is 2.